The first-order chi connectivity index (χ1) is 13.4. The molecule has 29 heavy (non-hydrogen) atoms. The van der Waals surface area contributed by atoms with Crippen LogP contribution in [0.15, 0.2) is 0 Å². The minimum absolute atomic E-state index is 0.00767. The monoisotopic (exact) mass is 413 g/mol. The Balaban J connectivity index is 0.00000132. The molecule has 0 radical (unpaired) electrons. The third-order valence-corrected chi connectivity index (χ3v) is 4.97. The molecule has 0 aromatic rings. The number of carboxylic acid groups (broad SMARTS) is 1. The molecule has 3 unspecified atom stereocenters. The first kappa shape index (κ1) is 24.7. The van der Waals surface area contributed by atoms with Crippen molar-refractivity contribution >= 4 is 24.4 Å². The van der Waals surface area contributed by atoms with Crippen LogP contribution in [0.1, 0.15) is 60.8 Å². The first-order valence-corrected chi connectivity index (χ1v) is 10.1. The van der Waals surface area contributed by atoms with Crippen LogP contribution in [0.25, 0.3) is 0 Å². The number of rotatable bonds is 2. The molecule has 2 saturated heterocycles. The zero-order valence-corrected chi connectivity index (χ0v) is 18.3. The zero-order chi connectivity index (χ0) is 22.4. The van der Waals surface area contributed by atoms with Crippen LogP contribution >= 0.6 is 0 Å². The number of hydrogen-bond acceptors (Lipinski definition) is 5. The predicted octanol–water partition coefficient (Wildman–Crippen LogP) is 1.85. The van der Waals surface area contributed by atoms with Gasteiger partial charge in [0, 0.05) is 24.5 Å². The van der Waals surface area contributed by atoms with Crippen LogP contribution in [0.3, 0.4) is 0 Å². The lowest BCUT2D eigenvalue weighted by molar-refractivity contribution is -0.142. The van der Waals surface area contributed by atoms with Crippen LogP contribution in [-0.2, 0) is 19.1 Å². The first-order valence-electron chi connectivity index (χ1n) is 10.1. The maximum Gasteiger partial charge on any atom is 0.408 e. The SMILES string of the molecule is CC(C)C(=O)N1CCC2CCC(C)N2C(=O)C(NC(=O)OC(C)(C)C)C1.O=CO. The van der Waals surface area contributed by atoms with E-state index < -0.39 is 17.7 Å². The fourth-order valence-corrected chi connectivity index (χ4v) is 3.75. The Bertz CT molecular complexity index is 602. The lowest BCUT2D eigenvalue weighted by Crippen LogP contribution is -2.59. The summed E-state index contributed by atoms with van der Waals surface area (Å²) in [6, 6.07) is -0.498. The smallest absolute Gasteiger partial charge is 0.408 e. The Kier molecular flexibility index (Phi) is 8.91. The quantitative estimate of drug-likeness (QED) is 0.668. The molecule has 2 rings (SSSR count). The van der Waals surface area contributed by atoms with E-state index in [1.54, 1.807) is 25.7 Å². The van der Waals surface area contributed by atoms with Crippen molar-refractivity contribution in [1.82, 2.24) is 15.1 Å². The normalized spacial score (nSPS) is 24.7. The molecule has 0 bridgehead atoms. The van der Waals surface area contributed by atoms with Gasteiger partial charge in [-0.1, -0.05) is 13.8 Å². The Morgan fingerprint density at radius 1 is 1.24 bits per heavy atom. The van der Waals surface area contributed by atoms with Crippen LogP contribution in [0.5, 0.6) is 0 Å². The minimum atomic E-state index is -0.782. The molecule has 2 heterocycles. The average Bonchev–Trinajstić information content (AvgIpc) is 2.94. The molecule has 0 aromatic heterocycles. The molecule has 2 aliphatic rings. The molecule has 3 atom stereocenters. The summed E-state index contributed by atoms with van der Waals surface area (Å²) in [5.41, 5.74) is -0.647. The average molecular weight is 414 g/mol. The number of carbonyl (C=O) groups is 4. The van der Waals surface area contributed by atoms with Crippen LogP contribution in [0.2, 0.25) is 0 Å². The van der Waals surface area contributed by atoms with E-state index in [1.807, 2.05) is 25.7 Å². The number of amides is 3. The van der Waals surface area contributed by atoms with Crippen molar-refractivity contribution in [3.05, 3.63) is 0 Å². The molecule has 0 aliphatic carbocycles. The summed E-state index contributed by atoms with van der Waals surface area (Å²) in [6.07, 6.45) is 2.05. The minimum Gasteiger partial charge on any atom is -0.483 e. The summed E-state index contributed by atoms with van der Waals surface area (Å²) < 4.78 is 5.32. The highest BCUT2D eigenvalue weighted by molar-refractivity contribution is 5.88. The van der Waals surface area contributed by atoms with E-state index in [9.17, 15) is 14.4 Å². The van der Waals surface area contributed by atoms with Gasteiger partial charge in [0.05, 0.1) is 6.54 Å². The Morgan fingerprint density at radius 2 is 1.83 bits per heavy atom. The van der Waals surface area contributed by atoms with E-state index in [4.69, 9.17) is 14.6 Å². The number of hydrogen-bond donors (Lipinski definition) is 2. The van der Waals surface area contributed by atoms with E-state index in [1.165, 1.54) is 0 Å². The van der Waals surface area contributed by atoms with Crippen molar-refractivity contribution in [2.24, 2.45) is 5.92 Å². The summed E-state index contributed by atoms with van der Waals surface area (Å²) >= 11 is 0. The molecule has 166 valence electrons. The molecule has 2 fully saturated rings. The fourth-order valence-electron chi connectivity index (χ4n) is 3.75. The predicted molar refractivity (Wildman–Crippen MR) is 107 cm³/mol. The van der Waals surface area contributed by atoms with E-state index in [2.05, 4.69) is 5.32 Å². The standard InChI is InChI=1S/C19H33N3O4.CH2O2/c1-12(2)16(23)21-10-9-14-8-7-13(3)22(14)17(24)15(11-21)20-18(25)26-19(4,5)6;2-1-3/h12-15H,7-11H2,1-6H3,(H,20,25);1H,(H,2,3). The van der Waals surface area contributed by atoms with Crippen molar-refractivity contribution in [3.63, 3.8) is 0 Å². The maximum absolute atomic E-state index is 13.1. The lowest BCUT2D eigenvalue weighted by atomic mass is 10.1. The lowest BCUT2D eigenvalue weighted by Gasteiger charge is -2.39. The highest BCUT2D eigenvalue weighted by atomic mass is 16.6. The van der Waals surface area contributed by atoms with E-state index in [-0.39, 0.29) is 42.8 Å². The van der Waals surface area contributed by atoms with Crippen LogP contribution in [0.4, 0.5) is 4.79 Å². The number of alkyl carbamates (subject to hydrolysis) is 1. The van der Waals surface area contributed by atoms with Gasteiger partial charge in [0.1, 0.15) is 11.6 Å². The molecular weight excluding hydrogens is 378 g/mol. The molecule has 2 N–H and O–H groups in total. The van der Waals surface area contributed by atoms with E-state index >= 15 is 0 Å². The van der Waals surface area contributed by atoms with Gasteiger partial charge in [-0.05, 0) is 47.0 Å². The van der Waals surface area contributed by atoms with Gasteiger partial charge in [0.15, 0.2) is 0 Å². The molecule has 0 aromatic carbocycles. The summed E-state index contributed by atoms with van der Waals surface area (Å²) in [5.74, 6) is -0.259. The van der Waals surface area contributed by atoms with Crippen molar-refractivity contribution in [3.8, 4) is 0 Å². The maximum atomic E-state index is 13.1. The van der Waals surface area contributed by atoms with Gasteiger partial charge >= 0.3 is 6.09 Å². The van der Waals surface area contributed by atoms with Gasteiger partial charge in [-0.15, -0.1) is 0 Å². The second kappa shape index (κ2) is 10.5. The van der Waals surface area contributed by atoms with Crippen LogP contribution in [0, 0.1) is 5.92 Å². The second-order valence-electron chi connectivity index (χ2n) is 8.86. The Labute approximate surface area is 172 Å². The van der Waals surface area contributed by atoms with Gasteiger partial charge in [-0.2, -0.15) is 0 Å². The van der Waals surface area contributed by atoms with Crippen molar-refractivity contribution < 1.29 is 29.0 Å². The molecule has 9 nitrogen and oxygen atoms in total. The molecule has 2 aliphatic heterocycles. The summed E-state index contributed by atoms with van der Waals surface area (Å²) in [4.78, 5) is 49.9. The topological polar surface area (TPSA) is 116 Å². The Morgan fingerprint density at radius 3 is 2.34 bits per heavy atom. The van der Waals surface area contributed by atoms with Crippen molar-refractivity contribution in [2.75, 3.05) is 13.1 Å². The number of nitrogens with zero attached hydrogens (tertiary/aromatic N) is 2. The summed E-state index contributed by atoms with van der Waals surface area (Å²) in [5, 5.41) is 9.59. The third-order valence-electron chi connectivity index (χ3n) is 4.97. The van der Waals surface area contributed by atoms with E-state index in [0.29, 0.717) is 6.54 Å². The van der Waals surface area contributed by atoms with Crippen LogP contribution in [-0.4, -0.2) is 76.1 Å². The number of ether oxygens (including phenoxy) is 1. The molecule has 3 amide bonds. The fraction of sp³-hybridized carbons (Fsp3) is 0.800. The van der Waals surface area contributed by atoms with Crippen molar-refractivity contribution in [2.45, 2.75) is 84.5 Å². The zero-order valence-electron chi connectivity index (χ0n) is 18.3. The van der Waals surface area contributed by atoms with Crippen molar-refractivity contribution in [1.29, 1.82) is 0 Å². The van der Waals surface area contributed by atoms with Crippen LogP contribution < -0.4 is 5.32 Å². The number of nitrogens with one attached hydrogen (secondary N) is 1. The van der Waals surface area contributed by atoms with Gasteiger partial charge in [-0.25, -0.2) is 4.79 Å². The number of carbonyl (C=O) groups excluding carboxylic acids is 3. The van der Waals surface area contributed by atoms with Gasteiger partial charge < -0.3 is 25.0 Å². The van der Waals surface area contributed by atoms with E-state index in [0.717, 1.165) is 19.3 Å². The van der Waals surface area contributed by atoms with Gasteiger partial charge in [0.2, 0.25) is 11.8 Å². The number of fused-ring (bicyclic) bond motifs is 1. The molecule has 9 heteroatoms. The molecular formula is C20H35N3O6. The molecule has 0 saturated carbocycles. The third kappa shape index (κ3) is 7.21. The van der Waals surface area contributed by atoms with Gasteiger partial charge in [-0.3, -0.25) is 14.4 Å². The second-order valence-corrected chi connectivity index (χ2v) is 8.86. The summed E-state index contributed by atoms with van der Waals surface area (Å²) in [7, 11) is 0. The molecule has 0 spiro atoms. The largest absolute Gasteiger partial charge is 0.483 e. The Hall–Kier alpha value is -2.32. The highest BCUT2D eigenvalue weighted by Crippen LogP contribution is 2.29. The summed E-state index contributed by atoms with van der Waals surface area (Å²) in [6.45, 7) is 11.6. The van der Waals surface area contributed by atoms with Gasteiger partial charge in [0.25, 0.3) is 6.47 Å². The highest BCUT2D eigenvalue weighted by Gasteiger charge is 2.41.